The molecule has 8 heteroatoms. The van der Waals surface area contributed by atoms with Crippen LogP contribution in [0.25, 0.3) is 10.2 Å². The van der Waals surface area contributed by atoms with Crippen molar-refractivity contribution in [3.8, 4) is 0 Å². The van der Waals surface area contributed by atoms with Crippen molar-refractivity contribution in [2.45, 2.75) is 26.9 Å². The van der Waals surface area contributed by atoms with Gasteiger partial charge in [-0.25, -0.2) is 9.78 Å². The second kappa shape index (κ2) is 8.21. The normalized spacial score (nSPS) is 12.3. The number of quaternary nitrogens is 1. The zero-order valence-corrected chi connectivity index (χ0v) is 17.0. The van der Waals surface area contributed by atoms with E-state index in [2.05, 4.69) is 9.97 Å². The summed E-state index contributed by atoms with van der Waals surface area (Å²) in [6, 6.07) is 7.71. The van der Waals surface area contributed by atoms with Crippen molar-refractivity contribution >= 4 is 39.1 Å². The Labute approximate surface area is 165 Å². The second-order valence-corrected chi connectivity index (χ2v) is 7.85. The molecule has 27 heavy (non-hydrogen) atoms. The van der Waals surface area contributed by atoms with E-state index in [4.69, 9.17) is 16.3 Å². The van der Waals surface area contributed by atoms with Crippen LogP contribution in [0.2, 0.25) is 5.02 Å². The number of esters is 1. The SMILES string of the molecule is CCOC(=O)c1sc2nc(C[NH+](C)Cc3cccc(Cl)c3)[nH]c(=O)c2c1C. The summed E-state index contributed by atoms with van der Waals surface area (Å²) in [5.41, 5.74) is 1.50. The maximum atomic E-state index is 12.5. The lowest BCUT2D eigenvalue weighted by atomic mass is 10.2. The van der Waals surface area contributed by atoms with Gasteiger partial charge in [-0.1, -0.05) is 23.7 Å². The number of halogens is 1. The number of benzene rings is 1. The van der Waals surface area contributed by atoms with Crippen LogP contribution in [0.3, 0.4) is 0 Å². The van der Waals surface area contributed by atoms with Crippen molar-refractivity contribution < 1.29 is 14.4 Å². The summed E-state index contributed by atoms with van der Waals surface area (Å²) >= 11 is 7.24. The maximum Gasteiger partial charge on any atom is 0.348 e. The van der Waals surface area contributed by atoms with Gasteiger partial charge in [-0.15, -0.1) is 11.3 Å². The van der Waals surface area contributed by atoms with Gasteiger partial charge in [-0.3, -0.25) is 4.79 Å². The lowest BCUT2D eigenvalue weighted by Crippen LogP contribution is -3.06. The Morgan fingerprint density at radius 2 is 2.15 bits per heavy atom. The molecule has 2 N–H and O–H groups in total. The highest BCUT2D eigenvalue weighted by Crippen LogP contribution is 2.27. The third-order valence-electron chi connectivity index (χ3n) is 4.17. The number of aromatic nitrogens is 2. The average molecular weight is 407 g/mol. The summed E-state index contributed by atoms with van der Waals surface area (Å²) in [5.74, 6) is 0.173. The Hall–Kier alpha value is -2.22. The Balaban J connectivity index is 1.85. The number of thiophene rings is 1. The molecule has 6 nitrogen and oxygen atoms in total. The van der Waals surface area contributed by atoms with E-state index in [1.165, 1.54) is 11.3 Å². The molecular weight excluding hydrogens is 386 g/mol. The number of aryl methyl sites for hydroxylation is 1. The lowest BCUT2D eigenvalue weighted by molar-refractivity contribution is -0.908. The molecule has 0 aliphatic heterocycles. The number of carbonyl (C=O) groups excluding carboxylic acids is 1. The van der Waals surface area contributed by atoms with Crippen LogP contribution in [-0.2, 0) is 17.8 Å². The Morgan fingerprint density at radius 1 is 1.37 bits per heavy atom. The predicted octanol–water partition coefficient (Wildman–Crippen LogP) is 2.34. The third kappa shape index (κ3) is 4.37. The number of hydrogen-bond acceptors (Lipinski definition) is 5. The molecular formula is C19H21ClN3O3S+. The standard InChI is InChI=1S/C19H20ClN3O3S/c1-4-26-19(25)16-11(2)15-17(24)21-14(22-18(15)27-16)10-23(3)9-12-6-5-7-13(20)8-12/h5-8H,4,9-10H2,1-3H3,(H,21,22,24)/p+1. The van der Waals surface area contributed by atoms with E-state index >= 15 is 0 Å². The number of H-pyrrole nitrogens is 1. The number of nitrogens with one attached hydrogen (secondary N) is 2. The first-order valence-corrected chi connectivity index (χ1v) is 9.83. The number of carbonyl (C=O) groups is 1. The van der Waals surface area contributed by atoms with Crippen LogP contribution in [0.5, 0.6) is 0 Å². The van der Waals surface area contributed by atoms with Crippen LogP contribution in [0.15, 0.2) is 29.1 Å². The van der Waals surface area contributed by atoms with Gasteiger partial charge in [0.25, 0.3) is 5.56 Å². The average Bonchev–Trinajstić information content (AvgIpc) is 2.92. The minimum absolute atomic E-state index is 0.227. The third-order valence-corrected chi connectivity index (χ3v) is 5.58. The van der Waals surface area contributed by atoms with Crippen LogP contribution < -0.4 is 10.5 Å². The summed E-state index contributed by atoms with van der Waals surface area (Å²) in [6.07, 6.45) is 0. The van der Waals surface area contributed by atoms with Crippen LogP contribution in [0.4, 0.5) is 0 Å². The van der Waals surface area contributed by atoms with Gasteiger partial charge in [0, 0.05) is 10.6 Å². The van der Waals surface area contributed by atoms with Gasteiger partial charge in [0.15, 0.2) is 5.82 Å². The molecule has 0 bridgehead atoms. The van der Waals surface area contributed by atoms with Crippen LogP contribution in [0.1, 0.15) is 33.5 Å². The molecule has 0 amide bonds. The van der Waals surface area contributed by atoms with Crippen LogP contribution in [0, 0.1) is 6.92 Å². The quantitative estimate of drug-likeness (QED) is 0.616. The summed E-state index contributed by atoms with van der Waals surface area (Å²) in [7, 11) is 2.02. The first-order valence-electron chi connectivity index (χ1n) is 8.64. The molecule has 2 heterocycles. The molecule has 3 aromatic rings. The predicted molar refractivity (Wildman–Crippen MR) is 107 cm³/mol. The highest BCUT2D eigenvalue weighted by molar-refractivity contribution is 7.20. The first-order chi connectivity index (χ1) is 12.9. The number of aromatic amines is 1. The molecule has 0 aliphatic rings. The van der Waals surface area contributed by atoms with Crippen molar-refractivity contribution in [2.24, 2.45) is 0 Å². The summed E-state index contributed by atoms with van der Waals surface area (Å²) in [4.78, 5) is 34.2. The second-order valence-electron chi connectivity index (χ2n) is 6.41. The summed E-state index contributed by atoms with van der Waals surface area (Å²) < 4.78 is 5.07. The van der Waals surface area contributed by atoms with Crippen molar-refractivity contribution in [3.05, 3.63) is 61.5 Å². The van der Waals surface area contributed by atoms with Gasteiger partial charge < -0.3 is 14.6 Å². The highest BCUT2D eigenvalue weighted by Gasteiger charge is 2.20. The number of rotatable bonds is 6. The van der Waals surface area contributed by atoms with Gasteiger partial charge in [0.05, 0.1) is 19.0 Å². The lowest BCUT2D eigenvalue weighted by Gasteiger charge is -2.13. The molecule has 0 radical (unpaired) electrons. The van der Waals surface area contributed by atoms with Crippen molar-refractivity contribution in [3.63, 3.8) is 0 Å². The number of hydrogen-bond donors (Lipinski definition) is 2. The van der Waals surface area contributed by atoms with E-state index in [1.807, 2.05) is 31.3 Å². The molecule has 0 saturated heterocycles. The molecule has 0 spiro atoms. The van der Waals surface area contributed by atoms with E-state index in [0.29, 0.717) is 44.7 Å². The zero-order chi connectivity index (χ0) is 19.6. The van der Waals surface area contributed by atoms with E-state index in [9.17, 15) is 9.59 Å². The topological polar surface area (TPSA) is 76.5 Å². The molecule has 0 aliphatic carbocycles. The molecule has 3 rings (SSSR count). The zero-order valence-electron chi connectivity index (χ0n) is 15.4. The highest BCUT2D eigenvalue weighted by atomic mass is 35.5. The summed E-state index contributed by atoms with van der Waals surface area (Å²) in [6.45, 7) is 5.09. The minimum Gasteiger partial charge on any atom is -0.462 e. The molecule has 0 fully saturated rings. The molecule has 0 saturated carbocycles. The fourth-order valence-corrected chi connectivity index (χ4v) is 4.31. The monoisotopic (exact) mass is 406 g/mol. The Bertz CT molecular complexity index is 1040. The van der Waals surface area contributed by atoms with Crippen LogP contribution in [-0.4, -0.2) is 29.6 Å². The first kappa shape index (κ1) is 19.5. The molecule has 1 unspecified atom stereocenters. The largest absolute Gasteiger partial charge is 0.462 e. The fraction of sp³-hybridized carbons (Fsp3) is 0.316. The van der Waals surface area contributed by atoms with E-state index in [-0.39, 0.29) is 5.56 Å². The van der Waals surface area contributed by atoms with Crippen LogP contribution >= 0.6 is 22.9 Å². The molecule has 142 valence electrons. The van der Waals surface area contributed by atoms with Gasteiger partial charge in [0.2, 0.25) is 0 Å². The van der Waals surface area contributed by atoms with E-state index in [0.717, 1.165) is 17.0 Å². The van der Waals surface area contributed by atoms with Gasteiger partial charge in [0.1, 0.15) is 22.8 Å². The summed E-state index contributed by atoms with van der Waals surface area (Å²) in [5, 5.41) is 1.16. The Morgan fingerprint density at radius 3 is 2.85 bits per heavy atom. The van der Waals surface area contributed by atoms with Gasteiger partial charge in [-0.2, -0.15) is 0 Å². The number of fused-ring (bicyclic) bond motifs is 1. The Kier molecular flexibility index (Phi) is 5.94. The molecule has 1 atom stereocenters. The molecule has 2 aromatic heterocycles. The smallest absolute Gasteiger partial charge is 0.348 e. The van der Waals surface area contributed by atoms with Crippen molar-refractivity contribution in [2.75, 3.05) is 13.7 Å². The van der Waals surface area contributed by atoms with Gasteiger partial charge in [-0.05, 0) is 31.5 Å². The fourth-order valence-electron chi connectivity index (χ4n) is 3.01. The van der Waals surface area contributed by atoms with E-state index < -0.39 is 5.97 Å². The van der Waals surface area contributed by atoms with Crippen molar-refractivity contribution in [1.29, 1.82) is 0 Å². The maximum absolute atomic E-state index is 12.5. The minimum atomic E-state index is -0.414. The van der Waals surface area contributed by atoms with Crippen molar-refractivity contribution in [1.82, 2.24) is 9.97 Å². The van der Waals surface area contributed by atoms with E-state index in [1.54, 1.807) is 13.8 Å². The number of ether oxygens (including phenoxy) is 1. The number of nitrogens with zero attached hydrogens (tertiary/aromatic N) is 1. The van der Waals surface area contributed by atoms with Gasteiger partial charge >= 0.3 is 5.97 Å². The molecule has 1 aromatic carbocycles.